The largest absolute Gasteiger partial charge is 0.378 e. The fourth-order valence-electron chi connectivity index (χ4n) is 2.39. The third-order valence-electron chi connectivity index (χ3n) is 3.89. The van der Waals surface area contributed by atoms with Gasteiger partial charge in [0.05, 0.1) is 6.10 Å². The fourth-order valence-corrected chi connectivity index (χ4v) is 2.39. The van der Waals surface area contributed by atoms with Crippen LogP contribution in [0.1, 0.15) is 65.7 Å². The van der Waals surface area contributed by atoms with Gasteiger partial charge in [-0.1, -0.05) is 40.0 Å². The van der Waals surface area contributed by atoms with Gasteiger partial charge in [-0.15, -0.1) is 0 Å². The van der Waals surface area contributed by atoms with E-state index in [1.165, 1.54) is 44.9 Å². The second-order valence-corrected chi connectivity index (χ2v) is 5.49. The Kier molecular flexibility index (Phi) is 7.87. The van der Waals surface area contributed by atoms with Gasteiger partial charge in [0.25, 0.3) is 0 Å². The van der Waals surface area contributed by atoms with E-state index in [-0.39, 0.29) is 0 Å². The van der Waals surface area contributed by atoms with E-state index in [0.29, 0.717) is 6.10 Å². The van der Waals surface area contributed by atoms with Crippen molar-refractivity contribution in [1.29, 1.82) is 0 Å². The number of rotatable bonds is 10. The molecule has 0 radical (unpaired) electrons. The maximum atomic E-state index is 6.00. The van der Waals surface area contributed by atoms with Gasteiger partial charge in [-0.05, 0) is 38.1 Å². The Morgan fingerprint density at radius 1 is 1.18 bits per heavy atom. The molecule has 0 aromatic rings. The molecule has 1 unspecified atom stereocenters. The molecule has 0 bridgehead atoms. The molecular weight excluding hydrogens is 210 g/mol. The van der Waals surface area contributed by atoms with Gasteiger partial charge in [-0.3, -0.25) is 0 Å². The summed E-state index contributed by atoms with van der Waals surface area (Å²) in [6.07, 6.45) is 9.50. The molecule has 1 fully saturated rings. The molecule has 0 aromatic carbocycles. The summed E-state index contributed by atoms with van der Waals surface area (Å²) in [6, 6.07) is 0.732. The standard InChI is InChI=1S/C15H31NO/c1-4-7-8-13(6-3)12-17-15-10-14(11-15)16-9-5-2/h13-16H,4-12H2,1-3H3. The molecule has 1 aliphatic rings. The summed E-state index contributed by atoms with van der Waals surface area (Å²) in [4.78, 5) is 0. The van der Waals surface area contributed by atoms with Crippen LogP contribution in [0.5, 0.6) is 0 Å². The van der Waals surface area contributed by atoms with E-state index >= 15 is 0 Å². The summed E-state index contributed by atoms with van der Waals surface area (Å²) >= 11 is 0. The van der Waals surface area contributed by atoms with Crippen molar-refractivity contribution in [3.63, 3.8) is 0 Å². The number of ether oxygens (including phenoxy) is 1. The van der Waals surface area contributed by atoms with Crippen LogP contribution < -0.4 is 5.32 Å². The lowest BCUT2D eigenvalue weighted by Gasteiger charge is -2.36. The van der Waals surface area contributed by atoms with E-state index < -0.39 is 0 Å². The van der Waals surface area contributed by atoms with Crippen molar-refractivity contribution in [3.8, 4) is 0 Å². The third-order valence-corrected chi connectivity index (χ3v) is 3.89. The van der Waals surface area contributed by atoms with E-state index in [0.717, 1.165) is 25.1 Å². The van der Waals surface area contributed by atoms with Crippen molar-refractivity contribution in [2.24, 2.45) is 5.92 Å². The summed E-state index contributed by atoms with van der Waals surface area (Å²) in [6.45, 7) is 8.92. The quantitative estimate of drug-likeness (QED) is 0.629. The lowest BCUT2D eigenvalue weighted by Crippen LogP contribution is -2.46. The van der Waals surface area contributed by atoms with Gasteiger partial charge in [-0.2, -0.15) is 0 Å². The zero-order chi connectivity index (χ0) is 12.5. The molecule has 2 nitrogen and oxygen atoms in total. The Morgan fingerprint density at radius 2 is 1.94 bits per heavy atom. The average Bonchev–Trinajstić information content (AvgIpc) is 2.30. The summed E-state index contributed by atoms with van der Waals surface area (Å²) in [5, 5.41) is 3.55. The van der Waals surface area contributed by atoms with Crippen LogP contribution in [-0.2, 0) is 4.74 Å². The van der Waals surface area contributed by atoms with Gasteiger partial charge < -0.3 is 10.1 Å². The van der Waals surface area contributed by atoms with Crippen molar-refractivity contribution in [2.45, 2.75) is 77.9 Å². The first-order valence-corrected chi connectivity index (χ1v) is 7.65. The van der Waals surface area contributed by atoms with Gasteiger partial charge in [0, 0.05) is 12.6 Å². The Hall–Kier alpha value is -0.0800. The SMILES string of the molecule is CCCCC(CC)COC1CC(NCCC)C1. The predicted molar refractivity (Wildman–Crippen MR) is 74.4 cm³/mol. The zero-order valence-corrected chi connectivity index (χ0v) is 12.0. The maximum absolute atomic E-state index is 6.00. The van der Waals surface area contributed by atoms with E-state index in [2.05, 4.69) is 26.1 Å². The second-order valence-electron chi connectivity index (χ2n) is 5.49. The number of nitrogens with one attached hydrogen (secondary N) is 1. The summed E-state index contributed by atoms with van der Waals surface area (Å²) in [7, 11) is 0. The molecule has 0 aromatic heterocycles. The fraction of sp³-hybridized carbons (Fsp3) is 1.00. The van der Waals surface area contributed by atoms with Crippen molar-refractivity contribution >= 4 is 0 Å². The van der Waals surface area contributed by atoms with E-state index in [1.807, 2.05) is 0 Å². The summed E-state index contributed by atoms with van der Waals surface area (Å²) in [5.74, 6) is 0.789. The first kappa shape index (κ1) is 15.0. The molecule has 0 aliphatic heterocycles. The monoisotopic (exact) mass is 241 g/mol. The van der Waals surface area contributed by atoms with Crippen LogP contribution >= 0.6 is 0 Å². The van der Waals surface area contributed by atoms with Crippen LogP contribution in [0.15, 0.2) is 0 Å². The maximum Gasteiger partial charge on any atom is 0.0605 e. The number of unbranched alkanes of at least 4 members (excludes halogenated alkanes) is 1. The van der Waals surface area contributed by atoms with Crippen LogP contribution in [-0.4, -0.2) is 25.3 Å². The minimum Gasteiger partial charge on any atom is -0.378 e. The molecule has 0 saturated heterocycles. The molecule has 2 heteroatoms. The Labute approximate surface area is 108 Å². The average molecular weight is 241 g/mol. The highest BCUT2D eigenvalue weighted by Crippen LogP contribution is 2.25. The Bertz CT molecular complexity index is 178. The van der Waals surface area contributed by atoms with Crippen molar-refractivity contribution < 1.29 is 4.74 Å². The minimum atomic E-state index is 0.542. The van der Waals surface area contributed by atoms with Crippen LogP contribution in [0.3, 0.4) is 0 Å². The molecule has 1 saturated carbocycles. The highest BCUT2D eigenvalue weighted by atomic mass is 16.5. The molecule has 102 valence electrons. The van der Waals surface area contributed by atoms with Gasteiger partial charge in [0.15, 0.2) is 0 Å². The van der Waals surface area contributed by atoms with E-state index in [4.69, 9.17) is 4.74 Å². The normalized spacial score (nSPS) is 25.6. The highest BCUT2D eigenvalue weighted by molar-refractivity contribution is 4.85. The molecule has 1 rings (SSSR count). The van der Waals surface area contributed by atoms with Gasteiger partial charge in [-0.25, -0.2) is 0 Å². The number of hydrogen-bond acceptors (Lipinski definition) is 2. The molecule has 17 heavy (non-hydrogen) atoms. The summed E-state index contributed by atoms with van der Waals surface area (Å²) in [5.41, 5.74) is 0. The minimum absolute atomic E-state index is 0.542. The van der Waals surface area contributed by atoms with Crippen molar-refractivity contribution in [3.05, 3.63) is 0 Å². The van der Waals surface area contributed by atoms with E-state index in [1.54, 1.807) is 0 Å². The zero-order valence-electron chi connectivity index (χ0n) is 12.0. The first-order chi connectivity index (χ1) is 8.30. The smallest absolute Gasteiger partial charge is 0.0605 e. The number of hydrogen-bond donors (Lipinski definition) is 1. The third kappa shape index (κ3) is 5.87. The van der Waals surface area contributed by atoms with E-state index in [9.17, 15) is 0 Å². The van der Waals surface area contributed by atoms with Crippen LogP contribution in [0.25, 0.3) is 0 Å². The molecule has 1 aliphatic carbocycles. The molecule has 0 spiro atoms. The van der Waals surface area contributed by atoms with Crippen LogP contribution in [0.2, 0.25) is 0 Å². The van der Waals surface area contributed by atoms with Gasteiger partial charge in [0.2, 0.25) is 0 Å². The van der Waals surface area contributed by atoms with Gasteiger partial charge >= 0.3 is 0 Å². The lowest BCUT2D eigenvalue weighted by molar-refractivity contribution is -0.0337. The molecule has 0 amide bonds. The topological polar surface area (TPSA) is 21.3 Å². The molecular formula is C15H31NO. The first-order valence-electron chi connectivity index (χ1n) is 7.65. The molecule has 1 atom stereocenters. The van der Waals surface area contributed by atoms with Crippen LogP contribution in [0, 0.1) is 5.92 Å². The molecule has 0 heterocycles. The van der Waals surface area contributed by atoms with Crippen LogP contribution in [0.4, 0.5) is 0 Å². The Morgan fingerprint density at radius 3 is 2.53 bits per heavy atom. The summed E-state index contributed by atoms with van der Waals surface area (Å²) < 4.78 is 6.00. The molecule has 1 N–H and O–H groups in total. The lowest BCUT2D eigenvalue weighted by atomic mass is 9.89. The predicted octanol–water partition coefficient (Wildman–Crippen LogP) is 3.75. The van der Waals surface area contributed by atoms with Crippen molar-refractivity contribution in [1.82, 2.24) is 5.32 Å². The highest BCUT2D eigenvalue weighted by Gasteiger charge is 2.29. The van der Waals surface area contributed by atoms with Gasteiger partial charge in [0.1, 0.15) is 0 Å². The second kappa shape index (κ2) is 8.93. The Balaban J connectivity index is 2.00. The van der Waals surface area contributed by atoms with Crippen molar-refractivity contribution in [2.75, 3.05) is 13.2 Å².